The van der Waals surface area contributed by atoms with Crippen molar-refractivity contribution in [2.24, 2.45) is 0 Å². The molecule has 212 valence electrons. The molecule has 0 aliphatic carbocycles. The van der Waals surface area contributed by atoms with E-state index < -0.39 is 0 Å². The van der Waals surface area contributed by atoms with Crippen LogP contribution in [-0.2, 0) is 0 Å². The third-order valence-corrected chi connectivity index (χ3v) is 8.16. The molecule has 0 amide bonds. The molecule has 4 nitrogen and oxygen atoms in total. The van der Waals surface area contributed by atoms with Gasteiger partial charge in [-0.15, -0.1) is 0 Å². The minimum atomic E-state index is 0.679. The number of hydrogen-bond donors (Lipinski definition) is 0. The number of rotatable bonds is 5. The van der Waals surface area contributed by atoms with E-state index in [-0.39, 0.29) is 0 Å². The van der Waals surface area contributed by atoms with Gasteiger partial charge in [-0.05, 0) is 36.2 Å². The summed E-state index contributed by atoms with van der Waals surface area (Å²) in [5, 5.41) is 2.06. The summed E-state index contributed by atoms with van der Waals surface area (Å²) in [5.41, 5.74) is 11.7. The molecule has 0 saturated carbocycles. The summed E-state index contributed by atoms with van der Waals surface area (Å²) in [7, 11) is 0. The Kier molecular flexibility index (Phi) is 6.65. The lowest BCUT2D eigenvalue weighted by Crippen LogP contribution is -1.98. The van der Waals surface area contributed by atoms with Crippen molar-refractivity contribution in [1.29, 1.82) is 0 Å². The maximum atomic E-state index is 5.18. The molecule has 0 aliphatic rings. The van der Waals surface area contributed by atoms with Crippen LogP contribution < -0.4 is 0 Å². The van der Waals surface area contributed by atoms with Crippen molar-refractivity contribution in [1.82, 2.24) is 19.9 Å². The Hall–Kier alpha value is -6.00. The molecule has 0 unspecified atom stereocenters. The average molecular weight is 577 g/mol. The van der Waals surface area contributed by atoms with E-state index in [1.807, 2.05) is 49.4 Å². The molecule has 0 bridgehead atoms. The van der Waals surface area contributed by atoms with Crippen LogP contribution in [0.25, 0.3) is 78.1 Å². The highest BCUT2D eigenvalue weighted by Gasteiger charge is 2.16. The molecule has 3 aromatic heterocycles. The van der Waals surface area contributed by atoms with E-state index in [0.717, 1.165) is 72.4 Å². The van der Waals surface area contributed by atoms with E-state index in [0.29, 0.717) is 5.82 Å². The van der Waals surface area contributed by atoms with E-state index in [2.05, 4.69) is 109 Å². The lowest BCUT2D eigenvalue weighted by molar-refractivity contribution is 1.18. The minimum Gasteiger partial charge on any atom is -0.251 e. The second-order valence-corrected chi connectivity index (χ2v) is 11.2. The Morgan fingerprint density at radius 1 is 0.378 bits per heavy atom. The lowest BCUT2D eigenvalue weighted by atomic mass is 10.00. The second-order valence-electron chi connectivity index (χ2n) is 11.2. The fourth-order valence-electron chi connectivity index (χ4n) is 5.89. The smallest absolute Gasteiger partial charge is 0.160 e. The summed E-state index contributed by atoms with van der Waals surface area (Å²) in [6, 6.07) is 52.1. The molecule has 0 saturated heterocycles. The summed E-state index contributed by atoms with van der Waals surface area (Å²) in [4.78, 5) is 20.4. The van der Waals surface area contributed by atoms with Crippen LogP contribution in [0.4, 0.5) is 0 Å². The van der Waals surface area contributed by atoms with Crippen LogP contribution in [0.5, 0.6) is 0 Å². The van der Waals surface area contributed by atoms with Gasteiger partial charge < -0.3 is 0 Å². The van der Waals surface area contributed by atoms with Gasteiger partial charge in [-0.1, -0.05) is 133 Å². The first kappa shape index (κ1) is 26.6. The number of pyridine rings is 2. The monoisotopic (exact) mass is 576 g/mol. The SMILES string of the molecule is Cc1cc(-c2cc(-c3ccccc3)nc(-c3ccc(-c4ccccc4)cc3)n2)c2ccc3ccc(-c4ccccc4)nc3c2n1. The summed E-state index contributed by atoms with van der Waals surface area (Å²) < 4.78 is 0. The molecular weight excluding hydrogens is 548 g/mol. The highest BCUT2D eigenvalue weighted by molar-refractivity contribution is 6.08. The molecule has 0 N–H and O–H groups in total. The summed E-state index contributed by atoms with van der Waals surface area (Å²) in [5.74, 6) is 0.679. The number of nitrogens with zero attached hydrogens (tertiary/aromatic N) is 4. The fourth-order valence-corrected chi connectivity index (χ4v) is 5.89. The van der Waals surface area contributed by atoms with Crippen molar-refractivity contribution in [3.05, 3.63) is 157 Å². The largest absolute Gasteiger partial charge is 0.251 e. The maximum Gasteiger partial charge on any atom is 0.160 e. The zero-order valence-corrected chi connectivity index (χ0v) is 24.7. The van der Waals surface area contributed by atoms with E-state index in [1.165, 1.54) is 5.56 Å². The molecule has 4 heteroatoms. The summed E-state index contributed by atoms with van der Waals surface area (Å²) >= 11 is 0. The summed E-state index contributed by atoms with van der Waals surface area (Å²) in [6.45, 7) is 2.03. The highest BCUT2D eigenvalue weighted by Crippen LogP contribution is 2.35. The van der Waals surface area contributed by atoms with Gasteiger partial charge in [-0.25, -0.2) is 15.0 Å². The molecule has 0 fully saturated rings. The predicted molar refractivity (Wildman–Crippen MR) is 185 cm³/mol. The molecule has 3 heterocycles. The third-order valence-electron chi connectivity index (χ3n) is 8.16. The molecule has 0 radical (unpaired) electrons. The van der Waals surface area contributed by atoms with E-state index in [9.17, 15) is 0 Å². The van der Waals surface area contributed by atoms with E-state index in [4.69, 9.17) is 19.9 Å². The van der Waals surface area contributed by atoms with Gasteiger partial charge >= 0.3 is 0 Å². The van der Waals surface area contributed by atoms with Gasteiger partial charge in [0.15, 0.2) is 5.82 Å². The standard InChI is InChI=1S/C41H28N4/c1-27-25-35(34-23-21-32-22-24-36(30-13-7-3-8-14-30)43-39(32)40(34)42-27)38-26-37(31-15-9-4-10-16-31)44-41(45-38)33-19-17-29(18-20-33)28-11-5-2-6-12-28/h2-26H,1H3. The van der Waals surface area contributed by atoms with E-state index in [1.54, 1.807) is 0 Å². The van der Waals surface area contributed by atoms with Gasteiger partial charge in [0.2, 0.25) is 0 Å². The number of hydrogen-bond acceptors (Lipinski definition) is 4. The van der Waals surface area contributed by atoms with Gasteiger partial charge in [0.05, 0.1) is 28.1 Å². The van der Waals surface area contributed by atoms with Crippen LogP contribution >= 0.6 is 0 Å². The van der Waals surface area contributed by atoms with E-state index >= 15 is 0 Å². The molecule has 0 spiro atoms. The minimum absolute atomic E-state index is 0.679. The fraction of sp³-hybridized carbons (Fsp3) is 0.0244. The van der Waals surface area contributed by atoms with Crippen LogP contribution in [0, 0.1) is 6.92 Å². The van der Waals surface area contributed by atoms with Crippen molar-refractivity contribution in [3.63, 3.8) is 0 Å². The Balaban J connectivity index is 1.32. The topological polar surface area (TPSA) is 51.6 Å². The molecular formula is C41H28N4. The maximum absolute atomic E-state index is 5.18. The molecule has 0 atom stereocenters. The van der Waals surface area contributed by atoms with Gasteiger partial charge in [0.25, 0.3) is 0 Å². The normalized spacial score (nSPS) is 11.2. The van der Waals surface area contributed by atoms with Gasteiger partial charge in [0.1, 0.15) is 0 Å². The average Bonchev–Trinajstić information content (AvgIpc) is 3.12. The lowest BCUT2D eigenvalue weighted by Gasteiger charge is -2.13. The van der Waals surface area contributed by atoms with Gasteiger partial charge in [-0.2, -0.15) is 0 Å². The Bertz CT molecular complexity index is 2300. The molecule has 5 aromatic carbocycles. The molecule has 0 aliphatic heterocycles. The summed E-state index contributed by atoms with van der Waals surface area (Å²) in [6.07, 6.45) is 0. The van der Waals surface area contributed by atoms with Crippen molar-refractivity contribution >= 4 is 21.8 Å². The van der Waals surface area contributed by atoms with Crippen LogP contribution in [0.2, 0.25) is 0 Å². The van der Waals surface area contributed by atoms with Crippen LogP contribution in [0.1, 0.15) is 5.69 Å². The zero-order chi connectivity index (χ0) is 30.2. The Morgan fingerprint density at radius 3 is 1.62 bits per heavy atom. The molecule has 8 aromatic rings. The number of benzene rings is 5. The Labute approximate surface area is 261 Å². The first-order valence-corrected chi connectivity index (χ1v) is 15.1. The van der Waals surface area contributed by atoms with Crippen LogP contribution in [0.15, 0.2) is 152 Å². The van der Waals surface area contributed by atoms with Crippen molar-refractivity contribution < 1.29 is 0 Å². The highest BCUT2D eigenvalue weighted by atomic mass is 14.9. The third kappa shape index (κ3) is 5.13. The predicted octanol–water partition coefficient (Wildman–Crippen LogP) is 10.2. The molecule has 8 rings (SSSR count). The van der Waals surface area contributed by atoms with Crippen LogP contribution in [0.3, 0.4) is 0 Å². The first-order valence-electron chi connectivity index (χ1n) is 15.1. The van der Waals surface area contributed by atoms with Crippen molar-refractivity contribution in [2.45, 2.75) is 6.92 Å². The quantitative estimate of drug-likeness (QED) is 0.191. The number of aromatic nitrogens is 4. The van der Waals surface area contributed by atoms with Crippen molar-refractivity contribution in [2.75, 3.05) is 0 Å². The van der Waals surface area contributed by atoms with Crippen LogP contribution in [-0.4, -0.2) is 19.9 Å². The molecule has 45 heavy (non-hydrogen) atoms. The second kappa shape index (κ2) is 11.3. The van der Waals surface area contributed by atoms with Gasteiger partial charge in [0, 0.05) is 38.7 Å². The first-order chi connectivity index (χ1) is 22.2. The number of fused-ring (bicyclic) bond motifs is 3. The van der Waals surface area contributed by atoms with Crippen molar-refractivity contribution in [3.8, 4) is 56.3 Å². The Morgan fingerprint density at radius 2 is 0.933 bits per heavy atom. The zero-order valence-electron chi connectivity index (χ0n) is 24.7. The van der Waals surface area contributed by atoms with Gasteiger partial charge in [-0.3, -0.25) is 4.98 Å². The number of aryl methyl sites for hydroxylation is 1.